The van der Waals surface area contributed by atoms with Crippen molar-refractivity contribution in [3.63, 3.8) is 0 Å². The largest absolute Gasteiger partial charge is 0.454 e. The molecule has 126 valence electrons. The predicted molar refractivity (Wildman–Crippen MR) is 101 cm³/mol. The molecule has 0 atom stereocenters. The van der Waals surface area contributed by atoms with Crippen molar-refractivity contribution in [3.05, 3.63) is 56.8 Å². The minimum absolute atomic E-state index is 0.227. The number of anilines is 1. The molecule has 1 N–H and O–H groups in total. The summed E-state index contributed by atoms with van der Waals surface area (Å²) in [5.41, 5.74) is 2.02. The highest BCUT2D eigenvalue weighted by Crippen LogP contribution is 2.36. The zero-order valence-electron chi connectivity index (χ0n) is 12.6. The first kappa shape index (κ1) is 16.4. The van der Waals surface area contributed by atoms with Crippen molar-refractivity contribution in [2.45, 2.75) is 0 Å². The van der Waals surface area contributed by atoms with Crippen LogP contribution in [0.4, 0.5) is 5.13 Å². The second-order valence-electron chi connectivity index (χ2n) is 5.18. The van der Waals surface area contributed by atoms with Crippen molar-refractivity contribution in [3.8, 4) is 22.8 Å². The summed E-state index contributed by atoms with van der Waals surface area (Å²) in [7, 11) is 0. The molecule has 1 aliphatic heterocycles. The molecule has 25 heavy (non-hydrogen) atoms. The average molecular weight is 438 g/mol. The Labute approximate surface area is 160 Å². The van der Waals surface area contributed by atoms with Crippen LogP contribution >= 0.6 is 38.9 Å². The van der Waals surface area contributed by atoms with E-state index in [0.717, 1.165) is 21.5 Å². The van der Waals surface area contributed by atoms with Crippen molar-refractivity contribution in [2.75, 3.05) is 12.1 Å². The van der Waals surface area contributed by atoms with Crippen molar-refractivity contribution in [2.24, 2.45) is 0 Å². The first-order valence-electron chi connectivity index (χ1n) is 7.22. The standard InChI is InChI=1S/C17H10BrClN2O3S/c18-10-2-3-12(19)11(6-10)16(22)21-17-20-13(7-25-17)9-1-4-14-15(5-9)24-8-23-14/h1-7H,8H2,(H,20,21,22). The summed E-state index contributed by atoms with van der Waals surface area (Å²) in [6.07, 6.45) is 0. The number of nitrogens with zero attached hydrogens (tertiary/aromatic N) is 1. The maximum Gasteiger partial charge on any atom is 0.258 e. The van der Waals surface area contributed by atoms with Crippen LogP contribution < -0.4 is 14.8 Å². The van der Waals surface area contributed by atoms with E-state index in [1.807, 2.05) is 23.6 Å². The summed E-state index contributed by atoms with van der Waals surface area (Å²) in [5.74, 6) is 1.10. The summed E-state index contributed by atoms with van der Waals surface area (Å²) >= 11 is 10.8. The molecule has 2 aromatic carbocycles. The monoisotopic (exact) mass is 436 g/mol. The number of aromatic nitrogens is 1. The van der Waals surface area contributed by atoms with Crippen LogP contribution in [0.15, 0.2) is 46.3 Å². The Morgan fingerprint density at radius 2 is 2.04 bits per heavy atom. The van der Waals surface area contributed by atoms with E-state index in [1.54, 1.807) is 18.2 Å². The number of fused-ring (bicyclic) bond motifs is 1. The Kier molecular flexibility index (Phi) is 4.37. The Morgan fingerprint density at radius 3 is 2.92 bits per heavy atom. The van der Waals surface area contributed by atoms with Gasteiger partial charge in [0.25, 0.3) is 5.91 Å². The summed E-state index contributed by atoms with van der Waals surface area (Å²) < 4.78 is 11.5. The number of thiazole rings is 1. The van der Waals surface area contributed by atoms with Gasteiger partial charge >= 0.3 is 0 Å². The summed E-state index contributed by atoms with van der Waals surface area (Å²) in [4.78, 5) is 16.9. The minimum atomic E-state index is -0.308. The van der Waals surface area contributed by atoms with Crippen molar-refractivity contribution < 1.29 is 14.3 Å². The minimum Gasteiger partial charge on any atom is -0.454 e. The number of hydrogen-bond donors (Lipinski definition) is 1. The van der Waals surface area contributed by atoms with Crippen molar-refractivity contribution >= 4 is 49.9 Å². The second-order valence-corrected chi connectivity index (χ2v) is 7.37. The molecule has 0 radical (unpaired) electrons. The molecule has 5 nitrogen and oxygen atoms in total. The lowest BCUT2D eigenvalue weighted by Crippen LogP contribution is -2.12. The lowest BCUT2D eigenvalue weighted by atomic mass is 10.1. The lowest BCUT2D eigenvalue weighted by Gasteiger charge is -2.04. The van der Waals surface area contributed by atoms with Gasteiger partial charge in [-0.25, -0.2) is 4.98 Å². The van der Waals surface area contributed by atoms with E-state index in [0.29, 0.717) is 21.5 Å². The van der Waals surface area contributed by atoms with Crippen LogP contribution in [0.1, 0.15) is 10.4 Å². The SMILES string of the molecule is O=C(Nc1nc(-c2ccc3c(c2)OCO3)cs1)c1cc(Br)ccc1Cl. The third-order valence-corrected chi connectivity index (χ3v) is 5.15. The number of amides is 1. The number of carbonyl (C=O) groups excluding carboxylic acids is 1. The number of halogens is 2. The Morgan fingerprint density at radius 1 is 1.20 bits per heavy atom. The molecule has 0 spiro atoms. The van der Waals surface area contributed by atoms with Gasteiger partial charge < -0.3 is 9.47 Å². The normalized spacial score (nSPS) is 12.2. The molecule has 0 fully saturated rings. The molecule has 2 heterocycles. The van der Waals surface area contributed by atoms with Crippen molar-refractivity contribution in [1.29, 1.82) is 0 Å². The fourth-order valence-corrected chi connectivity index (χ4v) is 3.63. The first-order chi connectivity index (χ1) is 12.1. The lowest BCUT2D eigenvalue weighted by molar-refractivity contribution is 0.102. The summed E-state index contributed by atoms with van der Waals surface area (Å²) in [6.45, 7) is 0.227. The number of benzene rings is 2. The molecule has 1 aliphatic rings. The zero-order valence-corrected chi connectivity index (χ0v) is 15.7. The summed E-state index contributed by atoms with van der Waals surface area (Å²) in [6, 6.07) is 10.7. The highest BCUT2D eigenvalue weighted by molar-refractivity contribution is 9.10. The van der Waals surface area contributed by atoms with Crippen LogP contribution in [0, 0.1) is 0 Å². The second kappa shape index (κ2) is 6.67. The number of ether oxygens (including phenoxy) is 2. The highest BCUT2D eigenvalue weighted by atomic mass is 79.9. The molecular weight excluding hydrogens is 428 g/mol. The molecule has 0 unspecified atom stereocenters. The maximum absolute atomic E-state index is 12.4. The van der Waals surface area contributed by atoms with Crippen LogP contribution in [0.5, 0.6) is 11.5 Å². The van der Waals surface area contributed by atoms with Crippen LogP contribution in [0.3, 0.4) is 0 Å². The van der Waals surface area contributed by atoms with E-state index in [2.05, 4.69) is 26.2 Å². The van der Waals surface area contributed by atoms with Crippen LogP contribution in [0.25, 0.3) is 11.3 Å². The topological polar surface area (TPSA) is 60.5 Å². The molecule has 1 aromatic heterocycles. The van der Waals surface area contributed by atoms with Gasteiger partial charge in [-0.1, -0.05) is 27.5 Å². The van der Waals surface area contributed by atoms with E-state index in [9.17, 15) is 4.79 Å². The van der Waals surface area contributed by atoms with Gasteiger partial charge in [0.1, 0.15) is 0 Å². The van der Waals surface area contributed by atoms with Gasteiger partial charge in [-0.2, -0.15) is 0 Å². The Balaban J connectivity index is 1.55. The molecular formula is C17H10BrClN2O3S. The molecule has 0 saturated carbocycles. The molecule has 8 heteroatoms. The number of rotatable bonds is 3. The Bertz CT molecular complexity index is 976. The van der Waals surface area contributed by atoms with Crippen molar-refractivity contribution in [1.82, 2.24) is 4.98 Å². The van der Waals surface area contributed by atoms with Crippen LogP contribution in [0.2, 0.25) is 5.02 Å². The van der Waals surface area contributed by atoms with Gasteiger partial charge in [-0.05, 0) is 36.4 Å². The first-order valence-corrected chi connectivity index (χ1v) is 9.27. The van der Waals surface area contributed by atoms with E-state index in [4.69, 9.17) is 21.1 Å². The number of nitrogens with one attached hydrogen (secondary N) is 1. The molecule has 0 bridgehead atoms. The smallest absolute Gasteiger partial charge is 0.258 e. The molecule has 1 amide bonds. The number of carbonyl (C=O) groups is 1. The third-order valence-electron chi connectivity index (χ3n) is 3.57. The molecule has 0 aliphatic carbocycles. The van der Waals surface area contributed by atoms with E-state index < -0.39 is 0 Å². The van der Waals surface area contributed by atoms with Crippen LogP contribution in [-0.2, 0) is 0 Å². The molecule has 3 aromatic rings. The van der Waals surface area contributed by atoms with Gasteiger partial charge in [0.2, 0.25) is 6.79 Å². The molecule has 0 saturated heterocycles. The fraction of sp³-hybridized carbons (Fsp3) is 0.0588. The van der Waals surface area contributed by atoms with E-state index in [-0.39, 0.29) is 12.7 Å². The quantitative estimate of drug-likeness (QED) is 0.611. The van der Waals surface area contributed by atoms with Gasteiger partial charge in [0.15, 0.2) is 16.6 Å². The van der Waals surface area contributed by atoms with Gasteiger partial charge in [0.05, 0.1) is 16.3 Å². The van der Waals surface area contributed by atoms with Gasteiger partial charge in [-0.15, -0.1) is 11.3 Å². The van der Waals surface area contributed by atoms with Gasteiger partial charge in [0, 0.05) is 15.4 Å². The average Bonchev–Trinajstić information content (AvgIpc) is 3.25. The van der Waals surface area contributed by atoms with E-state index >= 15 is 0 Å². The highest BCUT2D eigenvalue weighted by Gasteiger charge is 2.16. The number of hydrogen-bond acceptors (Lipinski definition) is 5. The van der Waals surface area contributed by atoms with Crippen LogP contribution in [-0.4, -0.2) is 17.7 Å². The molecule has 4 rings (SSSR count). The Hall–Kier alpha value is -2.09. The third kappa shape index (κ3) is 3.35. The van der Waals surface area contributed by atoms with E-state index in [1.165, 1.54) is 11.3 Å². The summed E-state index contributed by atoms with van der Waals surface area (Å²) in [5, 5.41) is 5.52. The fourth-order valence-electron chi connectivity index (χ4n) is 2.36. The predicted octanol–water partition coefficient (Wildman–Crippen LogP) is 5.21. The zero-order chi connectivity index (χ0) is 17.4. The van der Waals surface area contributed by atoms with Gasteiger partial charge in [-0.3, -0.25) is 10.1 Å². The maximum atomic E-state index is 12.4.